The molecule has 0 aromatic heterocycles. The molecule has 0 saturated carbocycles. The second-order valence-corrected chi connectivity index (χ2v) is 5.69. The average molecular weight is 302 g/mol. The summed E-state index contributed by atoms with van der Waals surface area (Å²) in [6.45, 7) is 1.46. The van der Waals surface area contributed by atoms with Crippen molar-refractivity contribution in [2.24, 2.45) is 0 Å². The third kappa shape index (κ3) is 3.61. The molecule has 1 aromatic rings. The number of amides is 1. The van der Waals surface area contributed by atoms with Crippen LogP contribution in [0.1, 0.15) is 6.92 Å². The normalized spacial score (nSPS) is 12.6. The maximum Gasteiger partial charge on any atom is 0.241 e. The Labute approximate surface area is 118 Å². The Bertz CT molecular complexity index is 586. The first-order valence-corrected chi connectivity index (χ1v) is 7.30. The van der Waals surface area contributed by atoms with E-state index in [0.29, 0.717) is 11.5 Å². The number of ether oxygens (including phenoxy) is 2. The molecule has 0 aliphatic heterocycles. The molecular weight excluding hydrogens is 284 g/mol. The second kappa shape index (κ2) is 6.58. The molecule has 1 amide bonds. The Hall–Kier alpha value is -1.80. The highest BCUT2D eigenvalue weighted by molar-refractivity contribution is 7.89. The molecule has 0 saturated heterocycles. The van der Waals surface area contributed by atoms with Crippen LogP contribution < -0.4 is 19.5 Å². The Morgan fingerprint density at radius 1 is 1.20 bits per heavy atom. The van der Waals surface area contributed by atoms with Crippen molar-refractivity contribution in [3.05, 3.63) is 18.2 Å². The average Bonchev–Trinajstić information content (AvgIpc) is 2.44. The molecule has 1 atom stereocenters. The minimum atomic E-state index is -3.82. The van der Waals surface area contributed by atoms with Gasteiger partial charge in [-0.3, -0.25) is 4.79 Å². The van der Waals surface area contributed by atoms with Gasteiger partial charge >= 0.3 is 0 Å². The van der Waals surface area contributed by atoms with Gasteiger partial charge in [-0.25, -0.2) is 8.42 Å². The number of benzene rings is 1. The van der Waals surface area contributed by atoms with E-state index in [-0.39, 0.29) is 4.90 Å². The lowest BCUT2D eigenvalue weighted by Gasteiger charge is -2.14. The fourth-order valence-corrected chi connectivity index (χ4v) is 2.77. The molecule has 0 spiro atoms. The zero-order valence-corrected chi connectivity index (χ0v) is 12.6. The Morgan fingerprint density at radius 3 is 2.30 bits per heavy atom. The lowest BCUT2D eigenvalue weighted by molar-refractivity contribution is -0.121. The van der Waals surface area contributed by atoms with Crippen LogP contribution in [0.2, 0.25) is 0 Å². The van der Waals surface area contributed by atoms with Crippen LogP contribution in [0.25, 0.3) is 0 Å². The van der Waals surface area contributed by atoms with Crippen molar-refractivity contribution in [3.8, 4) is 11.5 Å². The molecule has 0 aliphatic rings. The first-order chi connectivity index (χ1) is 9.35. The van der Waals surface area contributed by atoms with Gasteiger partial charge < -0.3 is 14.8 Å². The number of sulfonamides is 1. The SMILES string of the molecule is CNC(=O)[C@H](C)NS(=O)(=O)c1ccc(OC)c(OC)c1. The molecule has 0 bridgehead atoms. The number of likely N-dealkylation sites (N-methyl/N-ethyl adjacent to an activating group) is 1. The van der Waals surface area contributed by atoms with E-state index in [1.807, 2.05) is 0 Å². The van der Waals surface area contributed by atoms with E-state index in [4.69, 9.17) is 9.47 Å². The molecule has 112 valence electrons. The van der Waals surface area contributed by atoms with Crippen molar-refractivity contribution in [1.82, 2.24) is 10.0 Å². The molecule has 20 heavy (non-hydrogen) atoms. The van der Waals surface area contributed by atoms with Crippen LogP contribution >= 0.6 is 0 Å². The number of rotatable bonds is 6. The summed E-state index contributed by atoms with van der Waals surface area (Å²) in [5.74, 6) is 0.294. The number of carbonyl (C=O) groups excluding carboxylic acids is 1. The highest BCUT2D eigenvalue weighted by Crippen LogP contribution is 2.29. The van der Waals surface area contributed by atoms with E-state index in [1.165, 1.54) is 46.4 Å². The Balaban J connectivity index is 3.07. The molecule has 0 fully saturated rings. The third-order valence-electron chi connectivity index (χ3n) is 2.64. The molecule has 8 heteroatoms. The van der Waals surface area contributed by atoms with Crippen LogP contribution in [-0.2, 0) is 14.8 Å². The molecule has 2 N–H and O–H groups in total. The first kappa shape index (κ1) is 16.3. The number of hydrogen-bond donors (Lipinski definition) is 2. The number of hydrogen-bond acceptors (Lipinski definition) is 5. The molecule has 0 heterocycles. The summed E-state index contributed by atoms with van der Waals surface area (Å²) < 4.78 is 36.6. The quantitative estimate of drug-likeness (QED) is 0.778. The van der Waals surface area contributed by atoms with Crippen molar-refractivity contribution in [1.29, 1.82) is 0 Å². The van der Waals surface area contributed by atoms with E-state index in [9.17, 15) is 13.2 Å². The number of carbonyl (C=O) groups is 1. The summed E-state index contributed by atoms with van der Waals surface area (Å²) in [5, 5.41) is 2.37. The summed E-state index contributed by atoms with van der Waals surface area (Å²) in [7, 11) is 0.483. The van der Waals surface area contributed by atoms with Crippen molar-refractivity contribution in [3.63, 3.8) is 0 Å². The van der Waals surface area contributed by atoms with Crippen molar-refractivity contribution in [2.75, 3.05) is 21.3 Å². The van der Waals surface area contributed by atoms with E-state index >= 15 is 0 Å². The van der Waals surface area contributed by atoms with Gasteiger partial charge in [0.15, 0.2) is 11.5 Å². The number of nitrogens with one attached hydrogen (secondary N) is 2. The van der Waals surface area contributed by atoms with Gasteiger partial charge in [0.05, 0.1) is 25.2 Å². The van der Waals surface area contributed by atoms with Crippen LogP contribution in [0.3, 0.4) is 0 Å². The predicted molar refractivity (Wildman–Crippen MR) is 73.4 cm³/mol. The van der Waals surface area contributed by atoms with E-state index in [2.05, 4.69) is 10.0 Å². The molecule has 7 nitrogen and oxygen atoms in total. The van der Waals surface area contributed by atoms with Gasteiger partial charge in [-0.15, -0.1) is 0 Å². The Morgan fingerprint density at radius 2 is 1.80 bits per heavy atom. The molecule has 1 aromatic carbocycles. The van der Waals surface area contributed by atoms with Crippen LogP contribution in [0.5, 0.6) is 11.5 Å². The van der Waals surface area contributed by atoms with Crippen molar-refractivity contribution < 1.29 is 22.7 Å². The van der Waals surface area contributed by atoms with Crippen LogP contribution in [0.15, 0.2) is 23.1 Å². The fourth-order valence-electron chi connectivity index (χ4n) is 1.55. The van der Waals surface area contributed by atoms with Crippen molar-refractivity contribution >= 4 is 15.9 Å². The van der Waals surface area contributed by atoms with Crippen LogP contribution in [-0.4, -0.2) is 41.6 Å². The van der Waals surface area contributed by atoms with Crippen LogP contribution in [0, 0.1) is 0 Å². The molecular formula is C12H18N2O5S. The molecule has 0 aliphatic carbocycles. The summed E-state index contributed by atoms with van der Waals surface area (Å²) in [6, 6.07) is 3.31. The zero-order chi connectivity index (χ0) is 15.3. The lowest BCUT2D eigenvalue weighted by Crippen LogP contribution is -2.43. The maximum atomic E-state index is 12.1. The molecule has 0 radical (unpaired) electrons. The smallest absolute Gasteiger partial charge is 0.241 e. The summed E-state index contributed by atoms with van der Waals surface area (Å²) in [4.78, 5) is 11.4. The minimum absolute atomic E-state index is 0.00842. The van der Waals surface area contributed by atoms with Crippen molar-refractivity contribution in [2.45, 2.75) is 17.9 Å². The van der Waals surface area contributed by atoms with Gasteiger partial charge in [-0.2, -0.15) is 4.72 Å². The zero-order valence-electron chi connectivity index (χ0n) is 11.8. The third-order valence-corrected chi connectivity index (χ3v) is 4.18. The van der Waals surface area contributed by atoms with Gasteiger partial charge in [0.1, 0.15) is 0 Å². The lowest BCUT2D eigenvalue weighted by atomic mass is 10.3. The van der Waals surface area contributed by atoms with Gasteiger partial charge in [0.25, 0.3) is 0 Å². The maximum absolute atomic E-state index is 12.1. The monoisotopic (exact) mass is 302 g/mol. The fraction of sp³-hybridized carbons (Fsp3) is 0.417. The largest absolute Gasteiger partial charge is 0.493 e. The van der Waals surface area contributed by atoms with E-state index in [1.54, 1.807) is 0 Å². The Kier molecular flexibility index (Phi) is 5.34. The molecule has 1 rings (SSSR count). The highest BCUT2D eigenvalue weighted by Gasteiger charge is 2.22. The summed E-state index contributed by atoms with van der Waals surface area (Å²) in [6.07, 6.45) is 0. The standard InChI is InChI=1S/C12H18N2O5S/c1-8(12(15)13-2)14-20(16,17)9-5-6-10(18-3)11(7-9)19-4/h5-8,14H,1-4H3,(H,13,15)/t8-/m0/s1. The first-order valence-electron chi connectivity index (χ1n) is 5.81. The van der Waals surface area contributed by atoms with Gasteiger partial charge in [0, 0.05) is 13.1 Å². The summed E-state index contributed by atoms with van der Waals surface area (Å²) in [5.41, 5.74) is 0. The van der Waals surface area contributed by atoms with Gasteiger partial charge in [-0.05, 0) is 19.1 Å². The van der Waals surface area contributed by atoms with Gasteiger partial charge in [0.2, 0.25) is 15.9 Å². The minimum Gasteiger partial charge on any atom is -0.493 e. The highest BCUT2D eigenvalue weighted by atomic mass is 32.2. The number of methoxy groups -OCH3 is 2. The van der Waals surface area contributed by atoms with E-state index in [0.717, 1.165) is 0 Å². The van der Waals surface area contributed by atoms with E-state index < -0.39 is 22.0 Å². The predicted octanol–water partition coefficient (Wildman–Crippen LogP) is 0.117. The van der Waals surface area contributed by atoms with Crippen LogP contribution in [0.4, 0.5) is 0 Å². The van der Waals surface area contributed by atoms with Gasteiger partial charge in [-0.1, -0.05) is 0 Å². The second-order valence-electron chi connectivity index (χ2n) is 3.97. The summed E-state index contributed by atoms with van der Waals surface area (Å²) >= 11 is 0. The topological polar surface area (TPSA) is 93.7 Å². The molecule has 0 unspecified atom stereocenters.